The highest BCUT2D eigenvalue weighted by molar-refractivity contribution is 5.78. The van der Waals surface area contributed by atoms with Gasteiger partial charge in [0.2, 0.25) is 0 Å². The molecule has 9 heteroatoms. The molecule has 1 aromatic heterocycles. The van der Waals surface area contributed by atoms with E-state index in [0.29, 0.717) is 11.0 Å². The first-order valence-corrected chi connectivity index (χ1v) is 9.04. The van der Waals surface area contributed by atoms with Gasteiger partial charge in [0, 0.05) is 0 Å². The number of aromatic amines is 1. The number of alkyl halides is 3. The van der Waals surface area contributed by atoms with E-state index in [2.05, 4.69) is 21.9 Å². The molecular formula is C20H26F3N3O3. The summed E-state index contributed by atoms with van der Waals surface area (Å²) in [5.41, 5.74) is -1.07. The largest absolute Gasteiger partial charge is 0.444 e. The smallest absolute Gasteiger partial charge is 0.416 e. The second kappa shape index (κ2) is 8.06. The van der Waals surface area contributed by atoms with E-state index in [1.165, 1.54) is 0 Å². The molecule has 1 aromatic carbocycles. The molecule has 0 fully saturated rings. The third kappa shape index (κ3) is 5.96. The van der Waals surface area contributed by atoms with Crippen molar-refractivity contribution in [2.45, 2.75) is 58.0 Å². The maximum Gasteiger partial charge on any atom is 0.416 e. The predicted octanol–water partition coefficient (Wildman–Crippen LogP) is 5.13. The molecule has 160 valence electrons. The summed E-state index contributed by atoms with van der Waals surface area (Å²) in [7, 11) is 0. The molecule has 0 aliphatic heterocycles. The fourth-order valence-electron chi connectivity index (χ4n) is 2.35. The van der Waals surface area contributed by atoms with Gasteiger partial charge in [-0.15, -0.1) is 0 Å². The number of aromatic nitrogens is 2. The SMILES string of the molecule is C=Cc1ccc2nc([C@H](COC(C)(C)C(F)(F)F)NC(=O)OC(C)(C)C)[nH]c2c1. The van der Waals surface area contributed by atoms with Crippen LogP contribution in [0.3, 0.4) is 0 Å². The zero-order valence-electron chi connectivity index (χ0n) is 17.1. The summed E-state index contributed by atoms with van der Waals surface area (Å²) in [4.78, 5) is 19.6. The second-order valence-corrected chi connectivity index (χ2v) is 8.12. The molecule has 0 saturated carbocycles. The number of hydrogen-bond acceptors (Lipinski definition) is 4. The van der Waals surface area contributed by atoms with Gasteiger partial charge in [0.1, 0.15) is 17.5 Å². The summed E-state index contributed by atoms with van der Waals surface area (Å²) >= 11 is 0. The minimum absolute atomic E-state index is 0.255. The van der Waals surface area contributed by atoms with Gasteiger partial charge in [0.05, 0.1) is 17.6 Å². The molecule has 29 heavy (non-hydrogen) atoms. The molecule has 0 aliphatic carbocycles. The van der Waals surface area contributed by atoms with E-state index in [4.69, 9.17) is 9.47 Å². The highest BCUT2D eigenvalue weighted by Crippen LogP contribution is 2.33. The molecule has 0 spiro atoms. The standard InChI is InChI=1S/C20H26F3N3O3/c1-7-12-8-9-13-14(10-12)25-16(24-13)15(26-17(27)29-18(2,3)4)11-28-19(5,6)20(21,22)23/h7-10,15H,1,11H2,2-6H3,(H,24,25)(H,26,27)/t15-/m0/s1. The minimum atomic E-state index is -4.57. The average Bonchev–Trinajstić information content (AvgIpc) is 2.98. The molecule has 2 N–H and O–H groups in total. The van der Waals surface area contributed by atoms with Gasteiger partial charge in [-0.1, -0.05) is 18.7 Å². The van der Waals surface area contributed by atoms with E-state index in [1.54, 1.807) is 45.0 Å². The molecule has 1 heterocycles. The van der Waals surface area contributed by atoms with Gasteiger partial charge in [-0.05, 0) is 52.3 Å². The number of H-pyrrole nitrogens is 1. The van der Waals surface area contributed by atoms with Gasteiger partial charge in [0.15, 0.2) is 5.60 Å². The Hall–Kier alpha value is -2.55. The van der Waals surface area contributed by atoms with E-state index in [9.17, 15) is 18.0 Å². The molecule has 1 atom stereocenters. The molecule has 6 nitrogen and oxygen atoms in total. The lowest BCUT2D eigenvalue weighted by Crippen LogP contribution is -2.45. The topological polar surface area (TPSA) is 76.2 Å². The number of carbonyl (C=O) groups is 1. The van der Waals surface area contributed by atoms with Gasteiger partial charge >= 0.3 is 12.3 Å². The Balaban J connectivity index is 2.31. The van der Waals surface area contributed by atoms with Crippen LogP contribution in [0, 0.1) is 0 Å². The zero-order chi connectivity index (χ0) is 22.0. The maximum atomic E-state index is 13.2. The third-order valence-electron chi connectivity index (χ3n) is 4.07. The molecule has 1 amide bonds. The molecule has 2 rings (SSSR count). The van der Waals surface area contributed by atoms with Crippen LogP contribution < -0.4 is 5.32 Å². The van der Waals surface area contributed by atoms with E-state index < -0.39 is 36.1 Å². The number of benzene rings is 1. The molecule has 0 saturated heterocycles. The summed E-state index contributed by atoms with van der Waals surface area (Å²) in [5, 5.41) is 2.54. The van der Waals surface area contributed by atoms with Gasteiger partial charge in [-0.2, -0.15) is 13.2 Å². The highest BCUT2D eigenvalue weighted by atomic mass is 19.4. The Labute approximate surface area is 167 Å². The van der Waals surface area contributed by atoms with Crippen LogP contribution in [-0.2, 0) is 9.47 Å². The fourth-order valence-corrected chi connectivity index (χ4v) is 2.35. The maximum absolute atomic E-state index is 13.2. The number of nitrogens with one attached hydrogen (secondary N) is 2. The quantitative estimate of drug-likeness (QED) is 0.688. The van der Waals surface area contributed by atoms with E-state index in [-0.39, 0.29) is 5.82 Å². The van der Waals surface area contributed by atoms with Crippen molar-refractivity contribution < 1.29 is 27.4 Å². The van der Waals surface area contributed by atoms with Crippen LogP contribution in [0.1, 0.15) is 52.0 Å². The third-order valence-corrected chi connectivity index (χ3v) is 4.07. The van der Waals surface area contributed by atoms with Crippen molar-refractivity contribution >= 4 is 23.2 Å². The van der Waals surface area contributed by atoms with Crippen LogP contribution in [0.2, 0.25) is 0 Å². The molecule has 2 aromatic rings. The Kier molecular flexibility index (Phi) is 6.32. The lowest BCUT2D eigenvalue weighted by atomic mass is 10.1. The summed E-state index contributed by atoms with van der Waals surface area (Å²) in [5.74, 6) is 0.255. The number of fused-ring (bicyclic) bond motifs is 1. The number of alkyl carbamates (subject to hydrolysis) is 1. The van der Waals surface area contributed by atoms with Crippen LogP contribution in [0.15, 0.2) is 24.8 Å². The fraction of sp³-hybridized carbons (Fsp3) is 0.500. The number of hydrogen-bond donors (Lipinski definition) is 2. The van der Waals surface area contributed by atoms with E-state index in [0.717, 1.165) is 19.4 Å². The van der Waals surface area contributed by atoms with Gasteiger partial charge in [0.25, 0.3) is 0 Å². The number of rotatable bonds is 6. The van der Waals surface area contributed by atoms with Crippen molar-refractivity contribution in [3.63, 3.8) is 0 Å². The Morgan fingerprint density at radius 3 is 2.48 bits per heavy atom. The second-order valence-electron chi connectivity index (χ2n) is 8.12. The number of amides is 1. The van der Waals surface area contributed by atoms with E-state index >= 15 is 0 Å². The van der Waals surface area contributed by atoms with E-state index in [1.807, 2.05) is 0 Å². The van der Waals surface area contributed by atoms with Crippen LogP contribution in [0.5, 0.6) is 0 Å². The minimum Gasteiger partial charge on any atom is -0.444 e. The number of nitrogens with zero attached hydrogens (tertiary/aromatic N) is 1. The van der Waals surface area contributed by atoms with Crippen LogP contribution in [-0.4, -0.2) is 40.0 Å². The van der Waals surface area contributed by atoms with Gasteiger partial charge in [-0.25, -0.2) is 9.78 Å². The molecule has 0 bridgehead atoms. The van der Waals surface area contributed by atoms with Crippen LogP contribution in [0.25, 0.3) is 17.1 Å². The first kappa shape index (κ1) is 22.7. The Morgan fingerprint density at radius 1 is 1.28 bits per heavy atom. The van der Waals surface area contributed by atoms with Crippen molar-refractivity contribution in [3.8, 4) is 0 Å². The first-order valence-electron chi connectivity index (χ1n) is 9.04. The summed E-state index contributed by atoms with van der Waals surface area (Å²) in [6.45, 7) is 10.1. The number of carbonyl (C=O) groups excluding carboxylic acids is 1. The van der Waals surface area contributed by atoms with Crippen molar-refractivity contribution in [2.75, 3.05) is 6.61 Å². The molecular weight excluding hydrogens is 387 g/mol. The van der Waals surface area contributed by atoms with Crippen molar-refractivity contribution in [1.82, 2.24) is 15.3 Å². The van der Waals surface area contributed by atoms with Crippen molar-refractivity contribution in [3.05, 3.63) is 36.2 Å². The van der Waals surface area contributed by atoms with Crippen molar-refractivity contribution in [1.29, 1.82) is 0 Å². The zero-order valence-corrected chi connectivity index (χ0v) is 17.1. The predicted molar refractivity (Wildman–Crippen MR) is 104 cm³/mol. The lowest BCUT2D eigenvalue weighted by molar-refractivity contribution is -0.265. The van der Waals surface area contributed by atoms with Crippen LogP contribution in [0.4, 0.5) is 18.0 Å². The first-order chi connectivity index (χ1) is 13.2. The number of ether oxygens (including phenoxy) is 2. The van der Waals surface area contributed by atoms with Gasteiger partial charge in [-0.3, -0.25) is 0 Å². The number of imidazole rings is 1. The normalized spacial score (nSPS) is 13.9. The Bertz CT molecular complexity index is 882. The summed E-state index contributed by atoms with van der Waals surface area (Å²) in [6.07, 6.45) is -3.70. The summed E-state index contributed by atoms with van der Waals surface area (Å²) in [6, 6.07) is 4.37. The summed E-state index contributed by atoms with van der Waals surface area (Å²) < 4.78 is 49.8. The lowest BCUT2D eigenvalue weighted by Gasteiger charge is -2.30. The van der Waals surface area contributed by atoms with Crippen molar-refractivity contribution in [2.24, 2.45) is 0 Å². The average molecular weight is 413 g/mol. The van der Waals surface area contributed by atoms with Crippen LogP contribution >= 0.6 is 0 Å². The Morgan fingerprint density at radius 2 is 1.93 bits per heavy atom. The highest BCUT2D eigenvalue weighted by Gasteiger charge is 2.49. The van der Waals surface area contributed by atoms with Gasteiger partial charge < -0.3 is 19.8 Å². The monoisotopic (exact) mass is 413 g/mol. The molecule has 0 radical (unpaired) electrons. The molecule has 0 unspecified atom stereocenters. The molecule has 0 aliphatic rings. The number of halogens is 3.